The van der Waals surface area contributed by atoms with E-state index in [9.17, 15) is 5.11 Å². The van der Waals surface area contributed by atoms with Gasteiger partial charge in [-0.25, -0.2) is 0 Å². The summed E-state index contributed by atoms with van der Waals surface area (Å²) in [6.07, 6.45) is -0.896. The fourth-order valence-corrected chi connectivity index (χ4v) is 2.66. The van der Waals surface area contributed by atoms with Crippen molar-refractivity contribution in [2.45, 2.75) is 38.1 Å². The largest absolute Gasteiger partial charge is 0.371 e. The van der Waals surface area contributed by atoms with E-state index in [1.807, 2.05) is 60.7 Å². The van der Waals surface area contributed by atoms with E-state index >= 15 is 0 Å². The highest BCUT2D eigenvalue weighted by Gasteiger charge is 2.34. The second-order valence-electron chi connectivity index (χ2n) is 5.65. The summed E-state index contributed by atoms with van der Waals surface area (Å²) in [4.78, 5) is 0. The molecule has 1 N–H and O–H groups in total. The number of hydrogen-bond acceptors (Lipinski definition) is 4. The van der Waals surface area contributed by atoms with Crippen LogP contribution in [0.1, 0.15) is 17.5 Å². The van der Waals surface area contributed by atoms with Gasteiger partial charge in [0.15, 0.2) is 6.29 Å². The molecule has 0 amide bonds. The molecule has 1 saturated heterocycles. The van der Waals surface area contributed by atoms with Crippen molar-refractivity contribution in [3.05, 3.63) is 71.8 Å². The lowest BCUT2D eigenvalue weighted by atomic mass is 10.1. The summed E-state index contributed by atoms with van der Waals surface area (Å²) < 4.78 is 17.2. The molecule has 1 heterocycles. The van der Waals surface area contributed by atoms with Crippen molar-refractivity contribution in [1.29, 1.82) is 0 Å². The van der Waals surface area contributed by atoms with Gasteiger partial charge in [0.2, 0.25) is 0 Å². The van der Waals surface area contributed by atoms with E-state index in [0.29, 0.717) is 26.2 Å². The highest BCUT2D eigenvalue weighted by atomic mass is 16.6. The Balaban J connectivity index is 1.58. The van der Waals surface area contributed by atoms with Crippen molar-refractivity contribution in [3.8, 4) is 0 Å². The molecule has 0 aliphatic carbocycles. The van der Waals surface area contributed by atoms with Crippen LogP contribution in [-0.4, -0.2) is 30.2 Å². The van der Waals surface area contributed by atoms with E-state index in [2.05, 4.69) is 0 Å². The van der Waals surface area contributed by atoms with Crippen LogP contribution in [0.15, 0.2) is 60.7 Å². The first-order valence-corrected chi connectivity index (χ1v) is 7.93. The van der Waals surface area contributed by atoms with Crippen molar-refractivity contribution < 1.29 is 19.3 Å². The molecule has 0 saturated carbocycles. The predicted molar refractivity (Wildman–Crippen MR) is 86.6 cm³/mol. The smallest absolute Gasteiger partial charge is 0.183 e. The second-order valence-corrected chi connectivity index (χ2v) is 5.65. The molecule has 0 bridgehead atoms. The lowest BCUT2D eigenvalue weighted by molar-refractivity contribution is -0.249. The Hall–Kier alpha value is -1.72. The molecule has 4 heteroatoms. The Labute approximate surface area is 136 Å². The first-order valence-electron chi connectivity index (χ1n) is 7.93. The quantitative estimate of drug-likeness (QED) is 0.890. The second kappa shape index (κ2) is 8.22. The molecule has 122 valence electrons. The van der Waals surface area contributed by atoms with Crippen LogP contribution in [0.5, 0.6) is 0 Å². The summed E-state index contributed by atoms with van der Waals surface area (Å²) in [5, 5.41) is 10.1. The Kier molecular flexibility index (Phi) is 5.77. The van der Waals surface area contributed by atoms with Gasteiger partial charge in [-0.2, -0.15) is 0 Å². The van der Waals surface area contributed by atoms with E-state index in [-0.39, 0.29) is 6.10 Å². The monoisotopic (exact) mass is 314 g/mol. The highest BCUT2D eigenvalue weighted by Crippen LogP contribution is 2.22. The van der Waals surface area contributed by atoms with Gasteiger partial charge in [-0.1, -0.05) is 60.7 Å². The summed E-state index contributed by atoms with van der Waals surface area (Å²) in [5.74, 6) is 0. The van der Waals surface area contributed by atoms with Crippen LogP contribution < -0.4 is 0 Å². The zero-order valence-electron chi connectivity index (χ0n) is 13.0. The molecule has 0 unspecified atom stereocenters. The number of benzene rings is 2. The summed E-state index contributed by atoms with van der Waals surface area (Å²) in [7, 11) is 0. The molecule has 0 radical (unpaired) electrons. The van der Waals surface area contributed by atoms with Crippen LogP contribution in [0.4, 0.5) is 0 Å². The van der Waals surface area contributed by atoms with Crippen LogP contribution in [0.25, 0.3) is 0 Å². The van der Waals surface area contributed by atoms with Crippen molar-refractivity contribution >= 4 is 0 Å². The van der Waals surface area contributed by atoms with Gasteiger partial charge in [0.05, 0.1) is 25.9 Å². The first-order chi connectivity index (χ1) is 11.3. The van der Waals surface area contributed by atoms with Crippen molar-refractivity contribution in [2.75, 3.05) is 6.61 Å². The average molecular weight is 314 g/mol. The molecule has 4 nitrogen and oxygen atoms in total. The fraction of sp³-hybridized carbons (Fsp3) is 0.368. The van der Waals surface area contributed by atoms with Crippen LogP contribution >= 0.6 is 0 Å². The summed E-state index contributed by atoms with van der Waals surface area (Å²) in [5.41, 5.74) is 2.17. The van der Waals surface area contributed by atoms with Gasteiger partial charge in [-0.05, 0) is 17.5 Å². The van der Waals surface area contributed by atoms with E-state index in [4.69, 9.17) is 14.2 Å². The Morgan fingerprint density at radius 3 is 2.04 bits per heavy atom. The molecule has 1 fully saturated rings. The third kappa shape index (κ3) is 4.62. The molecule has 3 rings (SSSR count). The highest BCUT2D eigenvalue weighted by molar-refractivity contribution is 5.14. The van der Waals surface area contributed by atoms with Crippen LogP contribution in [0.3, 0.4) is 0 Å². The zero-order valence-corrected chi connectivity index (χ0v) is 13.0. The summed E-state index contributed by atoms with van der Waals surface area (Å²) in [6, 6.07) is 19.9. The predicted octanol–water partition coefficient (Wildman–Crippen LogP) is 2.90. The minimum Gasteiger partial charge on any atom is -0.371 e. The maximum absolute atomic E-state index is 10.1. The van der Waals surface area contributed by atoms with Gasteiger partial charge >= 0.3 is 0 Å². The Bertz CT molecular complexity index is 572. The van der Waals surface area contributed by atoms with Crippen LogP contribution in [0, 0.1) is 0 Å². The maximum atomic E-state index is 10.1. The van der Waals surface area contributed by atoms with Gasteiger partial charge in [-0.3, -0.25) is 0 Å². The third-order valence-electron chi connectivity index (χ3n) is 3.93. The molecular weight excluding hydrogens is 292 g/mol. The summed E-state index contributed by atoms with van der Waals surface area (Å²) >= 11 is 0. The average Bonchev–Trinajstić information content (AvgIpc) is 2.61. The molecule has 0 aromatic heterocycles. The number of rotatable bonds is 6. The van der Waals surface area contributed by atoms with E-state index < -0.39 is 12.4 Å². The molecule has 23 heavy (non-hydrogen) atoms. The number of aliphatic hydroxyl groups is 1. The molecular formula is C19H22O4. The van der Waals surface area contributed by atoms with Gasteiger partial charge < -0.3 is 19.3 Å². The molecule has 3 atom stereocenters. The number of hydrogen-bond donors (Lipinski definition) is 1. The topological polar surface area (TPSA) is 47.9 Å². The molecule has 0 spiro atoms. The van der Waals surface area contributed by atoms with Gasteiger partial charge in [-0.15, -0.1) is 0 Å². The lowest BCUT2D eigenvalue weighted by Crippen LogP contribution is -2.47. The molecule has 1 aliphatic rings. The Morgan fingerprint density at radius 1 is 0.870 bits per heavy atom. The summed E-state index contributed by atoms with van der Waals surface area (Å²) in [6.45, 7) is 1.41. The number of ether oxygens (including phenoxy) is 3. The van der Waals surface area contributed by atoms with E-state index in [1.165, 1.54) is 0 Å². The van der Waals surface area contributed by atoms with Crippen molar-refractivity contribution in [1.82, 2.24) is 0 Å². The number of aliphatic hydroxyl groups excluding tert-OH is 1. The van der Waals surface area contributed by atoms with Gasteiger partial charge in [0.1, 0.15) is 6.10 Å². The lowest BCUT2D eigenvalue weighted by Gasteiger charge is -2.35. The van der Waals surface area contributed by atoms with E-state index in [1.54, 1.807) is 0 Å². The zero-order chi connectivity index (χ0) is 15.9. The minimum atomic E-state index is -0.951. The van der Waals surface area contributed by atoms with E-state index in [0.717, 1.165) is 11.1 Å². The van der Waals surface area contributed by atoms with Crippen LogP contribution in [0.2, 0.25) is 0 Å². The molecule has 1 aliphatic heterocycles. The standard InChI is InChI=1S/C19H22O4/c20-19-18(23-14-16-9-5-2-6-10-16)17(11-12-21-19)22-13-15-7-3-1-4-8-15/h1-10,17-20H,11-14H2/t17-,18-,19+/m0/s1. The third-order valence-corrected chi connectivity index (χ3v) is 3.93. The van der Waals surface area contributed by atoms with Gasteiger partial charge in [0, 0.05) is 0 Å². The minimum absolute atomic E-state index is 0.178. The van der Waals surface area contributed by atoms with Crippen molar-refractivity contribution in [2.24, 2.45) is 0 Å². The van der Waals surface area contributed by atoms with Gasteiger partial charge in [0.25, 0.3) is 0 Å². The molecule has 2 aromatic rings. The maximum Gasteiger partial charge on any atom is 0.183 e. The van der Waals surface area contributed by atoms with Crippen molar-refractivity contribution in [3.63, 3.8) is 0 Å². The normalized spacial score (nSPS) is 24.5. The van der Waals surface area contributed by atoms with Crippen LogP contribution in [-0.2, 0) is 27.4 Å². The molecule has 2 aromatic carbocycles. The first kappa shape index (κ1) is 16.1. The Morgan fingerprint density at radius 2 is 1.43 bits per heavy atom. The SMILES string of the molecule is O[C@@H]1OCC[C@H](OCc2ccccc2)[C@@H]1OCc1ccccc1. The fourth-order valence-electron chi connectivity index (χ4n) is 2.66.